The van der Waals surface area contributed by atoms with Crippen molar-refractivity contribution in [1.29, 1.82) is 0 Å². The highest BCUT2D eigenvalue weighted by molar-refractivity contribution is 7.99. The summed E-state index contributed by atoms with van der Waals surface area (Å²) in [7, 11) is 2.26. The Labute approximate surface area is 171 Å². The molecule has 2 aliphatic heterocycles. The van der Waals surface area contributed by atoms with E-state index in [0.29, 0.717) is 6.04 Å². The van der Waals surface area contributed by atoms with Crippen molar-refractivity contribution in [3.05, 3.63) is 0 Å². The molecule has 0 bridgehead atoms. The third-order valence-electron chi connectivity index (χ3n) is 6.88. The molecule has 3 aliphatic rings. The number of likely N-dealkylation sites (tertiary alicyclic amines) is 2. The van der Waals surface area contributed by atoms with Gasteiger partial charge in [0.15, 0.2) is 5.96 Å². The van der Waals surface area contributed by atoms with Crippen molar-refractivity contribution in [1.82, 2.24) is 20.4 Å². The molecule has 2 N–H and O–H groups in total. The molecule has 5 nitrogen and oxygen atoms in total. The van der Waals surface area contributed by atoms with Gasteiger partial charge in [-0.05, 0) is 91.4 Å². The van der Waals surface area contributed by atoms with Gasteiger partial charge in [-0.3, -0.25) is 9.89 Å². The predicted octanol–water partition coefficient (Wildman–Crippen LogP) is 2.78. The van der Waals surface area contributed by atoms with Gasteiger partial charge in [0.2, 0.25) is 0 Å². The van der Waals surface area contributed by atoms with E-state index in [1.807, 2.05) is 11.8 Å². The van der Waals surface area contributed by atoms with Crippen LogP contribution in [0.3, 0.4) is 0 Å². The lowest BCUT2D eigenvalue weighted by Gasteiger charge is -2.49. The first-order chi connectivity index (χ1) is 13.1. The fourth-order valence-corrected chi connectivity index (χ4v) is 5.80. The molecule has 0 radical (unpaired) electrons. The lowest BCUT2D eigenvalue weighted by atomic mass is 9.84. The van der Waals surface area contributed by atoms with Crippen molar-refractivity contribution >= 4 is 17.7 Å². The molecule has 2 atom stereocenters. The molecule has 3 fully saturated rings. The van der Waals surface area contributed by atoms with Crippen molar-refractivity contribution in [2.45, 2.75) is 75.1 Å². The Morgan fingerprint density at radius 1 is 1.11 bits per heavy atom. The van der Waals surface area contributed by atoms with Crippen molar-refractivity contribution < 1.29 is 0 Å². The molecule has 2 saturated heterocycles. The Morgan fingerprint density at radius 3 is 2.48 bits per heavy atom. The largest absolute Gasteiger partial charge is 0.357 e. The molecular formula is C21H41N5S. The molecule has 3 rings (SSSR count). The molecule has 0 aromatic heterocycles. The molecule has 0 aromatic carbocycles. The highest BCUT2D eigenvalue weighted by Crippen LogP contribution is 2.32. The van der Waals surface area contributed by atoms with Crippen LogP contribution in [-0.2, 0) is 0 Å². The minimum absolute atomic E-state index is 0.271. The molecule has 1 saturated carbocycles. The lowest BCUT2D eigenvalue weighted by molar-refractivity contribution is 0.0208. The van der Waals surface area contributed by atoms with Crippen molar-refractivity contribution in [3.8, 4) is 0 Å². The molecule has 2 heterocycles. The fourth-order valence-electron chi connectivity index (χ4n) is 5.00. The molecule has 156 valence electrons. The Balaban J connectivity index is 1.66. The number of nitrogens with zero attached hydrogens (tertiary/aromatic N) is 3. The van der Waals surface area contributed by atoms with Gasteiger partial charge in [0.1, 0.15) is 0 Å². The van der Waals surface area contributed by atoms with Crippen molar-refractivity contribution in [2.24, 2.45) is 4.99 Å². The normalized spacial score (nSPS) is 30.4. The first-order valence-electron chi connectivity index (χ1n) is 11.2. The molecule has 0 aromatic rings. The van der Waals surface area contributed by atoms with Crippen LogP contribution in [0.2, 0.25) is 0 Å². The van der Waals surface area contributed by atoms with Gasteiger partial charge in [0.05, 0.1) is 6.54 Å². The van der Waals surface area contributed by atoms with E-state index in [-0.39, 0.29) is 5.54 Å². The van der Waals surface area contributed by atoms with E-state index in [1.165, 1.54) is 77.5 Å². The van der Waals surface area contributed by atoms with Crippen LogP contribution in [-0.4, -0.2) is 85.2 Å². The summed E-state index contributed by atoms with van der Waals surface area (Å²) in [6, 6.07) is 0.587. The molecule has 2 unspecified atom stereocenters. The number of guanidine groups is 1. The van der Waals surface area contributed by atoms with E-state index in [9.17, 15) is 0 Å². The molecule has 0 amide bonds. The van der Waals surface area contributed by atoms with Crippen LogP contribution in [0.4, 0.5) is 0 Å². The number of hydrogen-bond donors (Lipinski definition) is 2. The topological polar surface area (TPSA) is 42.9 Å². The summed E-state index contributed by atoms with van der Waals surface area (Å²) >= 11 is 2.02. The SMILES string of the molecule is CCNC(=NCC1(N2CCCCC2)CCN(C)CC1)NC1CCC(SC)C1. The zero-order valence-corrected chi connectivity index (χ0v) is 18.6. The van der Waals surface area contributed by atoms with Gasteiger partial charge < -0.3 is 15.5 Å². The maximum Gasteiger partial charge on any atom is 0.191 e. The Bertz CT molecular complexity index is 469. The zero-order valence-electron chi connectivity index (χ0n) is 17.8. The monoisotopic (exact) mass is 395 g/mol. The first kappa shape index (κ1) is 21.3. The standard InChI is InChI=1S/C21H41N5S/c1-4-22-20(24-18-8-9-19(16-18)27-3)23-17-21(10-14-25(2)15-11-21)26-12-6-5-7-13-26/h18-19H,4-17H2,1-3H3,(H2,22,23,24). The fraction of sp³-hybridized carbons (Fsp3) is 0.952. The zero-order chi connectivity index (χ0) is 19.1. The highest BCUT2D eigenvalue weighted by atomic mass is 32.2. The minimum Gasteiger partial charge on any atom is -0.357 e. The van der Waals surface area contributed by atoms with E-state index < -0.39 is 0 Å². The summed E-state index contributed by atoms with van der Waals surface area (Å²) in [5.41, 5.74) is 0.271. The summed E-state index contributed by atoms with van der Waals surface area (Å²) in [6.07, 6.45) is 12.8. The number of nitrogens with one attached hydrogen (secondary N) is 2. The van der Waals surface area contributed by atoms with E-state index in [2.05, 4.69) is 40.7 Å². The number of rotatable bonds is 6. The second-order valence-corrected chi connectivity index (χ2v) is 9.92. The second kappa shape index (κ2) is 10.4. The van der Waals surface area contributed by atoms with Gasteiger partial charge >= 0.3 is 0 Å². The molecule has 27 heavy (non-hydrogen) atoms. The molecule has 6 heteroatoms. The quantitative estimate of drug-likeness (QED) is 0.535. The van der Waals surface area contributed by atoms with E-state index >= 15 is 0 Å². The maximum absolute atomic E-state index is 5.15. The van der Waals surface area contributed by atoms with E-state index in [1.54, 1.807) is 0 Å². The van der Waals surface area contributed by atoms with Gasteiger partial charge in [0, 0.05) is 23.4 Å². The van der Waals surface area contributed by atoms with Crippen LogP contribution >= 0.6 is 11.8 Å². The average molecular weight is 396 g/mol. The molecule has 1 aliphatic carbocycles. The average Bonchev–Trinajstić information content (AvgIpc) is 3.16. The van der Waals surface area contributed by atoms with Crippen LogP contribution in [0.5, 0.6) is 0 Å². The number of thioether (sulfide) groups is 1. The van der Waals surface area contributed by atoms with Gasteiger partial charge in [-0.15, -0.1) is 0 Å². The summed E-state index contributed by atoms with van der Waals surface area (Å²) in [6.45, 7) is 8.98. The third kappa shape index (κ3) is 5.77. The second-order valence-electron chi connectivity index (χ2n) is 8.78. The number of piperidine rings is 2. The first-order valence-corrected chi connectivity index (χ1v) is 12.5. The van der Waals surface area contributed by atoms with Gasteiger partial charge in [0.25, 0.3) is 0 Å². The Morgan fingerprint density at radius 2 is 1.85 bits per heavy atom. The van der Waals surface area contributed by atoms with Gasteiger partial charge in [-0.1, -0.05) is 6.42 Å². The maximum atomic E-state index is 5.15. The molecule has 0 spiro atoms. The summed E-state index contributed by atoms with van der Waals surface area (Å²) in [5.74, 6) is 1.04. The van der Waals surface area contributed by atoms with E-state index in [0.717, 1.165) is 24.3 Å². The predicted molar refractivity (Wildman–Crippen MR) is 119 cm³/mol. The van der Waals surface area contributed by atoms with Crippen LogP contribution in [0.15, 0.2) is 4.99 Å². The van der Waals surface area contributed by atoms with Crippen LogP contribution in [0, 0.1) is 0 Å². The summed E-state index contributed by atoms with van der Waals surface area (Å²) in [5, 5.41) is 8.08. The number of aliphatic imine (C=N–C) groups is 1. The molecular weight excluding hydrogens is 354 g/mol. The van der Waals surface area contributed by atoms with Gasteiger partial charge in [-0.2, -0.15) is 11.8 Å². The van der Waals surface area contributed by atoms with Crippen LogP contribution in [0.25, 0.3) is 0 Å². The van der Waals surface area contributed by atoms with Crippen molar-refractivity contribution in [2.75, 3.05) is 52.6 Å². The minimum atomic E-state index is 0.271. The van der Waals surface area contributed by atoms with Gasteiger partial charge in [-0.25, -0.2) is 0 Å². The van der Waals surface area contributed by atoms with Crippen LogP contribution in [0.1, 0.15) is 58.3 Å². The summed E-state index contributed by atoms with van der Waals surface area (Å²) < 4.78 is 0. The Hall–Kier alpha value is -0.460. The Kier molecular flexibility index (Phi) is 8.15. The lowest BCUT2D eigenvalue weighted by Crippen LogP contribution is -2.58. The van der Waals surface area contributed by atoms with Crippen LogP contribution < -0.4 is 10.6 Å². The highest BCUT2D eigenvalue weighted by Gasteiger charge is 2.39. The van der Waals surface area contributed by atoms with Crippen molar-refractivity contribution in [3.63, 3.8) is 0 Å². The summed E-state index contributed by atoms with van der Waals surface area (Å²) in [4.78, 5) is 10.4. The third-order valence-corrected chi connectivity index (χ3v) is 7.97. The number of hydrogen-bond acceptors (Lipinski definition) is 4. The van der Waals surface area contributed by atoms with E-state index in [4.69, 9.17) is 4.99 Å². The smallest absolute Gasteiger partial charge is 0.191 e.